The number of carbonyl (C=O) groups excluding carboxylic acids is 1. The Morgan fingerprint density at radius 1 is 1.24 bits per heavy atom. The Kier molecular flexibility index (Phi) is 3.22. The highest BCUT2D eigenvalue weighted by Crippen LogP contribution is 2.32. The normalized spacial score (nSPS) is 9.71. The summed E-state index contributed by atoms with van der Waals surface area (Å²) >= 11 is 0. The van der Waals surface area contributed by atoms with Crippen LogP contribution in [0.3, 0.4) is 0 Å². The van der Waals surface area contributed by atoms with Crippen molar-refractivity contribution in [1.82, 2.24) is 0 Å². The number of nitro benzene ring substituents is 2. The largest absolute Gasteiger partial charge is 0.383 e. The van der Waals surface area contributed by atoms with Gasteiger partial charge in [-0.05, 0) is 6.07 Å². The molecule has 0 atom stereocenters. The van der Waals surface area contributed by atoms with Crippen LogP contribution in [0.25, 0.3) is 0 Å². The van der Waals surface area contributed by atoms with Crippen LogP contribution >= 0.6 is 0 Å². The molecule has 0 bridgehead atoms. The summed E-state index contributed by atoms with van der Waals surface area (Å²) in [5, 5.41) is 23.8. The van der Waals surface area contributed by atoms with Gasteiger partial charge in [0.25, 0.3) is 17.3 Å². The number of rotatable bonds is 4. The second-order valence-electron chi connectivity index (χ2n) is 3.01. The molecule has 1 aromatic rings. The predicted molar refractivity (Wildman–Crippen MR) is 57.8 cm³/mol. The van der Waals surface area contributed by atoms with E-state index in [4.69, 9.17) is 5.73 Å². The summed E-state index contributed by atoms with van der Waals surface area (Å²) in [6.45, 7) is 0. The zero-order valence-corrected chi connectivity index (χ0v) is 8.67. The van der Waals surface area contributed by atoms with Gasteiger partial charge in [0.05, 0.1) is 15.9 Å². The fraction of sp³-hybridized carbons (Fsp3) is 0.125. The van der Waals surface area contributed by atoms with Crippen molar-refractivity contribution in [3.8, 4) is 0 Å². The van der Waals surface area contributed by atoms with E-state index in [1.54, 1.807) is 0 Å². The quantitative estimate of drug-likeness (QED) is 0.584. The van der Waals surface area contributed by atoms with Crippen LogP contribution in [0.2, 0.25) is 0 Å². The SMILES string of the molecule is CNc1cc(C(N)=O)c([N+](=O)[O-])cc1[N+](=O)[O-]. The number of benzene rings is 1. The van der Waals surface area contributed by atoms with Gasteiger partial charge in [0, 0.05) is 7.05 Å². The van der Waals surface area contributed by atoms with Crippen molar-refractivity contribution in [2.45, 2.75) is 0 Å². The molecule has 0 aliphatic carbocycles. The smallest absolute Gasteiger partial charge is 0.299 e. The number of carbonyl (C=O) groups is 1. The highest BCUT2D eigenvalue weighted by Gasteiger charge is 2.26. The summed E-state index contributed by atoms with van der Waals surface area (Å²) in [5.74, 6) is -1.02. The molecule has 0 unspecified atom stereocenters. The number of nitro groups is 2. The fourth-order valence-electron chi connectivity index (χ4n) is 1.28. The summed E-state index contributed by atoms with van der Waals surface area (Å²) < 4.78 is 0. The molecule has 0 saturated heterocycles. The molecule has 0 saturated carbocycles. The lowest BCUT2D eigenvalue weighted by Crippen LogP contribution is -2.14. The third-order valence-electron chi connectivity index (χ3n) is 2.04. The van der Waals surface area contributed by atoms with Crippen molar-refractivity contribution in [2.75, 3.05) is 12.4 Å². The van der Waals surface area contributed by atoms with Crippen molar-refractivity contribution in [2.24, 2.45) is 5.73 Å². The van der Waals surface area contributed by atoms with Crippen molar-refractivity contribution in [1.29, 1.82) is 0 Å². The Bertz CT molecular complexity index is 513. The number of nitrogens with zero attached hydrogens (tertiary/aromatic N) is 2. The molecule has 17 heavy (non-hydrogen) atoms. The van der Waals surface area contributed by atoms with E-state index in [1.165, 1.54) is 7.05 Å². The highest BCUT2D eigenvalue weighted by atomic mass is 16.6. The molecule has 1 rings (SSSR count). The van der Waals surface area contributed by atoms with E-state index in [-0.39, 0.29) is 11.3 Å². The minimum Gasteiger partial charge on any atom is -0.383 e. The van der Waals surface area contributed by atoms with Gasteiger partial charge in [-0.1, -0.05) is 0 Å². The molecule has 0 aliphatic rings. The molecule has 0 fully saturated rings. The first-order valence-electron chi connectivity index (χ1n) is 4.33. The lowest BCUT2D eigenvalue weighted by atomic mass is 10.1. The maximum Gasteiger partial charge on any atom is 0.299 e. The minimum absolute atomic E-state index is 0.0191. The van der Waals surface area contributed by atoms with E-state index in [0.29, 0.717) is 6.07 Å². The molecular formula is C8H8N4O5. The molecule has 1 amide bonds. The molecule has 0 spiro atoms. The second kappa shape index (κ2) is 4.43. The van der Waals surface area contributed by atoms with Gasteiger partial charge in [0.1, 0.15) is 11.3 Å². The molecule has 90 valence electrons. The number of anilines is 1. The highest BCUT2D eigenvalue weighted by molar-refractivity contribution is 5.99. The Morgan fingerprint density at radius 2 is 1.76 bits per heavy atom. The van der Waals surface area contributed by atoms with Crippen LogP contribution in [0.1, 0.15) is 10.4 Å². The Balaban J connectivity index is 3.59. The summed E-state index contributed by atoms with van der Waals surface area (Å²) in [7, 11) is 1.39. The molecule has 0 radical (unpaired) electrons. The van der Waals surface area contributed by atoms with Gasteiger partial charge < -0.3 is 11.1 Å². The first kappa shape index (κ1) is 12.4. The van der Waals surface area contributed by atoms with Crippen molar-refractivity contribution >= 4 is 23.0 Å². The molecule has 0 aromatic heterocycles. The maximum absolute atomic E-state index is 11.0. The number of nitrogens with one attached hydrogen (secondary N) is 1. The van der Waals surface area contributed by atoms with Crippen LogP contribution < -0.4 is 11.1 Å². The Hall–Kier alpha value is -2.71. The van der Waals surface area contributed by atoms with E-state index in [2.05, 4.69) is 5.32 Å². The van der Waals surface area contributed by atoms with E-state index in [9.17, 15) is 25.0 Å². The monoisotopic (exact) mass is 240 g/mol. The van der Waals surface area contributed by atoms with Gasteiger partial charge in [-0.25, -0.2) is 0 Å². The molecule has 3 N–H and O–H groups in total. The van der Waals surface area contributed by atoms with Gasteiger partial charge in [-0.3, -0.25) is 25.0 Å². The van der Waals surface area contributed by atoms with Gasteiger partial charge >= 0.3 is 0 Å². The third-order valence-corrected chi connectivity index (χ3v) is 2.04. The lowest BCUT2D eigenvalue weighted by molar-refractivity contribution is -0.393. The summed E-state index contributed by atoms with van der Waals surface area (Å²) in [5.41, 5.74) is 3.37. The predicted octanol–water partition coefficient (Wildman–Crippen LogP) is 0.644. The zero-order chi connectivity index (χ0) is 13.2. The molecule has 9 nitrogen and oxygen atoms in total. The van der Waals surface area contributed by atoms with Crippen molar-refractivity contribution < 1.29 is 14.6 Å². The standard InChI is InChI=1S/C8H8N4O5/c1-10-5-2-4(8(9)13)6(11(14)15)3-7(5)12(16)17/h2-3,10H,1H3,(H2,9,13). The van der Waals surface area contributed by atoms with Crippen LogP contribution in [0.15, 0.2) is 12.1 Å². The van der Waals surface area contributed by atoms with E-state index < -0.39 is 27.1 Å². The summed E-state index contributed by atoms with van der Waals surface area (Å²) in [4.78, 5) is 30.6. The molecule has 0 heterocycles. The van der Waals surface area contributed by atoms with Gasteiger partial charge in [0.15, 0.2) is 0 Å². The molecule has 9 heteroatoms. The van der Waals surface area contributed by atoms with Crippen molar-refractivity contribution in [3.05, 3.63) is 37.9 Å². The lowest BCUT2D eigenvalue weighted by Gasteiger charge is -2.04. The number of amides is 1. The molecular weight excluding hydrogens is 232 g/mol. The third kappa shape index (κ3) is 2.27. The number of nitrogens with two attached hydrogens (primary N) is 1. The van der Waals surface area contributed by atoms with Crippen LogP contribution in [0.4, 0.5) is 17.1 Å². The zero-order valence-electron chi connectivity index (χ0n) is 8.67. The van der Waals surface area contributed by atoms with Gasteiger partial charge in [-0.2, -0.15) is 0 Å². The van der Waals surface area contributed by atoms with E-state index >= 15 is 0 Å². The topological polar surface area (TPSA) is 141 Å². The van der Waals surface area contributed by atoms with Crippen LogP contribution in [0, 0.1) is 20.2 Å². The average Bonchev–Trinajstić information content (AvgIpc) is 2.26. The van der Waals surface area contributed by atoms with Crippen molar-refractivity contribution in [3.63, 3.8) is 0 Å². The Labute approximate surface area is 94.5 Å². The summed E-state index contributed by atoms with van der Waals surface area (Å²) in [6, 6.07) is 1.69. The minimum atomic E-state index is -1.02. The number of hydrogen-bond donors (Lipinski definition) is 2. The summed E-state index contributed by atoms with van der Waals surface area (Å²) in [6.07, 6.45) is 0. The fourth-order valence-corrected chi connectivity index (χ4v) is 1.28. The van der Waals surface area contributed by atoms with Crippen LogP contribution in [-0.4, -0.2) is 22.8 Å². The van der Waals surface area contributed by atoms with Gasteiger partial charge in [-0.15, -0.1) is 0 Å². The maximum atomic E-state index is 11.0. The first-order chi connectivity index (χ1) is 7.88. The van der Waals surface area contributed by atoms with Gasteiger partial charge in [0.2, 0.25) is 0 Å². The van der Waals surface area contributed by atoms with E-state index in [0.717, 1.165) is 6.07 Å². The number of primary amides is 1. The molecule has 1 aromatic carbocycles. The average molecular weight is 240 g/mol. The second-order valence-corrected chi connectivity index (χ2v) is 3.01. The first-order valence-corrected chi connectivity index (χ1v) is 4.33. The molecule has 0 aliphatic heterocycles. The number of hydrogen-bond acceptors (Lipinski definition) is 6. The van der Waals surface area contributed by atoms with Crippen LogP contribution in [0.5, 0.6) is 0 Å². The van der Waals surface area contributed by atoms with E-state index in [1.807, 2.05) is 0 Å². The Morgan fingerprint density at radius 3 is 2.12 bits per heavy atom. The van der Waals surface area contributed by atoms with Crippen LogP contribution in [-0.2, 0) is 0 Å².